The molecule has 3 heterocycles. The van der Waals surface area contributed by atoms with Gasteiger partial charge in [-0.1, -0.05) is 12.1 Å². The molecule has 0 amide bonds. The summed E-state index contributed by atoms with van der Waals surface area (Å²) in [5, 5.41) is 10.9. The Morgan fingerprint density at radius 3 is 2.62 bits per heavy atom. The van der Waals surface area contributed by atoms with Gasteiger partial charge in [-0.2, -0.15) is 5.10 Å². The normalized spacial score (nSPS) is 16.1. The minimum atomic E-state index is 0.0637. The molecule has 1 fully saturated rings. The molecule has 154 valence electrons. The second-order valence-electron chi connectivity index (χ2n) is 7.63. The maximum absolute atomic E-state index is 5.76. The van der Waals surface area contributed by atoms with Gasteiger partial charge in [-0.05, 0) is 56.5 Å². The van der Waals surface area contributed by atoms with Gasteiger partial charge in [0.15, 0.2) is 5.76 Å². The van der Waals surface area contributed by atoms with Gasteiger partial charge in [0.1, 0.15) is 17.2 Å². The van der Waals surface area contributed by atoms with Gasteiger partial charge < -0.3 is 19.2 Å². The van der Waals surface area contributed by atoms with E-state index in [4.69, 9.17) is 13.9 Å². The quantitative estimate of drug-likeness (QED) is 0.598. The molecule has 1 saturated heterocycles. The number of nitrogens with one attached hydrogen (secondary N) is 2. The van der Waals surface area contributed by atoms with Crippen LogP contribution < -0.4 is 10.1 Å². The highest BCUT2D eigenvalue weighted by Gasteiger charge is 2.34. The van der Waals surface area contributed by atoms with Gasteiger partial charge >= 0.3 is 0 Å². The fourth-order valence-electron chi connectivity index (χ4n) is 4.06. The molecule has 6 heteroatoms. The summed E-state index contributed by atoms with van der Waals surface area (Å²) in [6, 6.07) is 12.5. The molecule has 1 aliphatic rings. The summed E-state index contributed by atoms with van der Waals surface area (Å²) in [6.45, 7) is 7.82. The Kier molecular flexibility index (Phi) is 6.02. The number of furan rings is 1. The summed E-state index contributed by atoms with van der Waals surface area (Å²) in [5.74, 6) is 2.64. The average molecular weight is 396 g/mol. The third-order valence-electron chi connectivity index (χ3n) is 5.71. The summed E-state index contributed by atoms with van der Waals surface area (Å²) in [5.41, 5.74) is 3.44. The molecule has 0 bridgehead atoms. The first-order valence-corrected chi connectivity index (χ1v) is 10.3. The van der Waals surface area contributed by atoms with Crippen LogP contribution in [0.25, 0.3) is 11.5 Å². The van der Waals surface area contributed by atoms with Crippen molar-refractivity contribution in [3.05, 3.63) is 59.5 Å². The van der Waals surface area contributed by atoms with Crippen LogP contribution in [0, 0.1) is 6.92 Å². The van der Waals surface area contributed by atoms with E-state index in [0.29, 0.717) is 6.61 Å². The van der Waals surface area contributed by atoms with Crippen molar-refractivity contribution < 1.29 is 13.9 Å². The van der Waals surface area contributed by atoms with E-state index >= 15 is 0 Å². The SMILES string of the molecule is CCOc1ccc(C2(CNCc3cn[nH]c3-c3ccc(C)o3)CCOCC2)cc1. The fourth-order valence-corrected chi connectivity index (χ4v) is 4.06. The lowest BCUT2D eigenvalue weighted by atomic mass is 9.74. The Morgan fingerprint density at radius 2 is 1.93 bits per heavy atom. The number of aromatic amines is 1. The molecule has 29 heavy (non-hydrogen) atoms. The van der Waals surface area contributed by atoms with Crippen LogP contribution in [-0.2, 0) is 16.7 Å². The monoisotopic (exact) mass is 395 g/mol. The van der Waals surface area contributed by atoms with Crippen LogP contribution in [0.15, 0.2) is 47.0 Å². The minimum absolute atomic E-state index is 0.0637. The average Bonchev–Trinajstić information content (AvgIpc) is 3.38. The summed E-state index contributed by atoms with van der Waals surface area (Å²) >= 11 is 0. The minimum Gasteiger partial charge on any atom is -0.494 e. The number of hydrogen-bond donors (Lipinski definition) is 2. The lowest BCUT2D eigenvalue weighted by molar-refractivity contribution is 0.0497. The zero-order chi connectivity index (χ0) is 20.1. The van der Waals surface area contributed by atoms with Crippen LogP contribution in [0.2, 0.25) is 0 Å². The van der Waals surface area contributed by atoms with Crippen molar-refractivity contribution in [2.24, 2.45) is 0 Å². The predicted octanol–water partition coefficient (Wildman–Crippen LogP) is 4.21. The fraction of sp³-hybridized carbons (Fsp3) is 0.435. The van der Waals surface area contributed by atoms with E-state index in [2.05, 4.69) is 39.8 Å². The molecule has 4 rings (SSSR count). The summed E-state index contributed by atoms with van der Waals surface area (Å²) in [6.07, 6.45) is 3.88. The van der Waals surface area contributed by atoms with Crippen molar-refractivity contribution in [1.29, 1.82) is 0 Å². The van der Waals surface area contributed by atoms with Crippen LogP contribution in [0.4, 0.5) is 0 Å². The highest BCUT2D eigenvalue weighted by atomic mass is 16.5. The maximum Gasteiger partial charge on any atom is 0.152 e. The molecule has 0 aliphatic carbocycles. The maximum atomic E-state index is 5.76. The Labute approximate surface area is 171 Å². The van der Waals surface area contributed by atoms with Crippen molar-refractivity contribution in [3.63, 3.8) is 0 Å². The van der Waals surface area contributed by atoms with Gasteiger partial charge in [0.2, 0.25) is 0 Å². The molecule has 2 N–H and O–H groups in total. The Bertz CT molecular complexity index is 908. The summed E-state index contributed by atoms with van der Waals surface area (Å²) < 4.78 is 17.0. The van der Waals surface area contributed by atoms with E-state index in [9.17, 15) is 0 Å². The van der Waals surface area contributed by atoms with Crippen molar-refractivity contribution in [3.8, 4) is 17.2 Å². The molecule has 0 radical (unpaired) electrons. The van der Waals surface area contributed by atoms with Gasteiger partial charge in [0, 0.05) is 37.3 Å². The molecule has 2 aromatic heterocycles. The molecule has 0 atom stereocenters. The Hall–Kier alpha value is -2.57. The second kappa shape index (κ2) is 8.84. The van der Waals surface area contributed by atoms with Crippen molar-refractivity contribution in [2.75, 3.05) is 26.4 Å². The number of nitrogens with zero attached hydrogens (tertiary/aromatic N) is 1. The number of ether oxygens (including phenoxy) is 2. The number of hydrogen-bond acceptors (Lipinski definition) is 5. The smallest absolute Gasteiger partial charge is 0.152 e. The lowest BCUT2D eigenvalue weighted by Crippen LogP contribution is -2.42. The molecule has 1 aromatic carbocycles. The second-order valence-corrected chi connectivity index (χ2v) is 7.63. The first-order chi connectivity index (χ1) is 14.2. The third-order valence-corrected chi connectivity index (χ3v) is 5.71. The molecule has 0 saturated carbocycles. The first kappa shape index (κ1) is 19.7. The van der Waals surface area contributed by atoms with Gasteiger partial charge in [-0.15, -0.1) is 0 Å². The van der Waals surface area contributed by atoms with E-state index < -0.39 is 0 Å². The Balaban J connectivity index is 1.46. The molecule has 3 aromatic rings. The topological polar surface area (TPSA) is 72.3 Å². The van der Waals surface area contributed by atoms with Gasteiger partial charge in [-0.3, -0.25) is 5.10 Å². The highest BCUT2D eigenvalue weighted by Crippen LogP contribution is 2.35. The molecule has 0 unspecified atom stereocenters. The standard InChI is InChI=1S/C23H29N3O3/c1-3-28-20-7-5-19(6-8-20)23(10-12-27-13-11-23)16-24-14-18-15-25-26-22(18)21-9-4-17(2)29-21/h4-9,15,24H,3,10-14,16H2,1-2H3,(H,25,26). The van der Waals surface area contributed by atoms with E-state index in [1.165, 1.54) is 5.56 Å². The zero-order valence-corrected chi connectivity index (χ0v) is 17.2. The number of aromatic nitrogens is 2. The van der Waals surface area contributed by atoms with Crippen LogP contribution >= 0.6 is 0 Å². The number of rotatable bonds is 8. The predicted molar refractivity (Wildman–Crippen MR) is 112 cm³/mol. The van der Waals surface area contributed by atoms with Crippen molar-refractivity contribution in [2.45, 2.75) is 38.6 Å². The molecular weight excluding hydrogens is 366 g/mol. The third kappa shape index (κ3) is 4.38. The zero-order valence-electron chi connectivity index (χ0n) is 17.2. The van der Waals surface area contributed by atoms with Crippen LogP contribution in [0.5, 0.6) is 5.75 Å². The highest BCUT2D eigenvalue weighted by molar-refractivity contribution is 5.56. The molecular formula is C23H29N3O3. The number of aryl methyl sites for hydroxylation is 1. The molecule has 1 aliphatic heterocycles. The summed E-state index contributed by atoms with van der Waals surface area (Å²) in [4.78, 5) is 0. The lowest BCUT2D eigenvalue weighted by Gasteiger charge is -2.38. The van der Waals surface area contributed by atoms with E-state index in [0.717, 1.165) is 67.7 Å². The van der Waals surface area contributed by atoms with E-state index in [-0.39, 0.29) is 5.41 Å². The largest absolute Gasteiger partial charge is 0.494 e. The van der Waals surface area contributed by atoms with Crippen molar-refractivity contribution >= 4 is 0 Å². The number of H-pyrrole nitrogens is 1. The molecule has 0 spiro atoms. The molecule has 6 nitrogen and oxygen atoms in total. The van der Waals surface area contributed by atoms with Crippen LogP contribution in [0.3, 0.4) is 0 Å². The van der Waals surface area contributed by atoms with Gasteiger partial charge in [-0.25, -0.2) is 0 Å². The van der Waals surface area contributed by atoms with Gasteiger partial charge in [0.05, 0.1) is 12.8 Å². The number of benzene rings is 1. The summed E-state index contributed by atoms with van der Waals surface area (Å²) in [7, 11) is 0. The van der Waals surface area contributed by atoms with E-state index in [1.807, 2.05) is 32.2 Å². The first-order valence-electron chi connectivity index (χ1n) is 10.3. The van der Waals surface area contributed by atoms with Crippen LogP contribution in [-0.4, -0.2) is 36.6 Å². The van der Waals surface area contributed by atoms with Gasteiger partial charge in [0.25, 0.3) is 0 Å². The van der Waals surface area contributed by atoms with Crippen LogP contribution in [0.1, 0.15) is 36.7 Å². The van der Waals surface area contributed by atoms with Crippen molar-refractivity contribution in [1.82, 2.24) is 15.5 Å². The van der Waals surface area contributed by atoms with E-state index in [1.54, 1.807) is 0 Å². The Morgan fingerprint density at radius 1 is 1.14 bits per heavy atom.